The van der Waals surface area contributed by atoms with E-state index >= 15 is 0 Å². The lowest BCUT2D eigenvalue weighted by atomic mass is 10.2. The highest BCUT2D eigenvalue weighted by molar-refractivity contribution is 7.89. The fourth-order valence-electron chi connectivity index (χ4n) is 3.70. The number of piperazine rings is 1. The summed E-state index contributed by atoms with van der Waals surface area (Å²) in [4.78, 5) is 11.8. The van der Waals surface area contributed by atoms with Gasteiger partial charge in [0.25, 0.3) is 0 Å². The predicted molar refractivity (Wildman–Crippen MR) is 111 cm³/mol. The van der Waals surface area contributed by atoms with Crippen molar-refractivity contribution in [3.8, 4) is 5.75 Å². The number of anilines is 2. The molecule has 2 aromatic rings. The zero-order chi connectivity index (χ0) is 21.6. The number of hydrogen-bond acceptors (Lipinski definition) is 5. The van der Waals surface area contributed by atoms with Crippen LogP contribution in [0.2, 0.25) is 10.0 Å². The normalized spacial score (nSPS) is 21.0. The fourth-order valence-corrected chi connectivity index (χ4v) is 6.15. The second-order valence-electron chi connectivity index (χ2n) is 7.02. The third-order valence-electron chi connectivity index (χ3n) is 5.10. The highest BCUT2D eigenvalue weighted by atomic mass is 35.5. The number of fused-ring (bicyclic) bond motifs is 2. The van der Waals surface area contributed by atoms with Crippen LogP contribution in [0.25, 0.3) is 0 Å². The number of carbonyl (C=O) groups is 1. The van der Waals surface area contributed by atoms with Gasteiger partial charge in [-0.1, -0.05) is 29.3 Å². The minimum Gasteiger partial charge on any atom is -0.504 e. The second kappa shape index (κ2) is 7.86. The van der Waals surface area contributed by atoms with Gasteiger partial charge in [0.05, 0.1) is 21.4 Å². The Kier molecular flexibility index (Phi) is 5.54. The number of phenols is 1. The number of rotatable bonds is 4. The zero-order valence-corrected chi connectivity index (χ0v) is 17.7. The number of aromatic hydroxyl groups is 1. The minimum absolute atomic E-state index is 0.0102. The first kappa shape index (κ1) is 21.1. The summed E-state index contributed by atoms with van der Waals surface area (Å²) in [5.41, 5.74) is -0.165. The number of carbonyl (C=O) groups excluding carboxylic acids is 1. The molecule has 2 heterocycles. The first-order chi connectivity index (χ1) is 14.2. The van der Waals surface area contributed by atoms with E-state index in [-0.39, 0.29) is 40.0 Å². The molecule has 0 aliphatic carbocycles. The number of benzene rings is 2. The molecule has 2 aliphatic rings. The molecule has 160 valence electrons. The maximum atomic E-state index is 13.5. The van der Waals surface area contributed by atoms with Crippen molar-refractivity contribution in [2.45, 2.75) is 23.4 Å². The Hall–Kier alpha value is -2.11. The molecular formula is C18H17Cl2FN4O4S. The summed E-state index contributed by atoms with van der Waals surface area (Å²) in [5, 5.41) is 18.0. The summed E-state index contributed by atoms with van der Waals surface area (Å²) >= 11 is 11.9. The Labute approximate surface area is 182 Å². The Morgan fingerprint density at radius 2 is 1.93 bits per heavy atom. The average Bonchev–Trinajstić information content (AvgIpc) is 3.32. The van der Waals surface area contributed by atoms with Gasteiger partial charge in [0.1, 0.15) is 10.7 Å². The molecule has 4 rings (SSSR count). The highest BCUT2D eigenvalue weighted by Gasteiger charge is 2.45. The molecule has 0 aromatic heterocycles. The van der Waals surface area contributed by atoms with Crippen LogP contribution in [-0.4, -0.2) is 49.0 Å². The van der Waals surface area contributed by atoms with Crippen molar-refractivity contribution >= 4 is 50.6 Å². The first-order valence-corrected chi connectivity index (χ1v) is 11.2. The third-order valence-corrected chi connectivity index (χ3v) is 7.91. The van der Waals surface area contributed by atoms with Gasteiger partial charge in [-0.25, -0.2) is 17.6 Å². The van der Waals surface area contributed by atoms with E-state index in [2.05, 4.69) is 16.0 Å². The van der Waals surface area contributed by atoms with E-state index in [4.69, 9.17) is 23.2 Å². The van der Waals surface area contributed by atoms with Crippen LogP contribution in [-0.2, 0) is 10.0 Å². The van der Waals surface area contributed by atoms with Crippen LogP contribution in [0.15, 0.2) is 35.2 Å². The molecule has 2 fully saturated rings. The molecule has 0 unspecified atom stereocenters. The van der Waals surface area contributed by atoms with Gasteiger partial charge in [-0.2, -0.15) is 4.31 Å². The van der Waals surface area contributed by atoms with E-state index in [1.54, 1.807) is 0 Å². The van der Waals surface area contributed by atoms with Crippen LogP contribution in [0.3, 0.4) is 0 Å². The Morgan fingerprint density at radius 1 is 1.20 bits per heavy atom. The molecular weight excluding hydrogens is 458 g/mol. The summed E-state index contributed by atoms with van der Waals surface area (Å²) in [6, 6.07) is 5.41. The highest BCUT2D eigenvalue weighted by Crippen LogP contribution is 2.41. The van der Waals surface area contributed by atoms with Crippen molar-refractivity contribution in [3.05, 3.63) is 46.2 Å². The van der Waals surface area contributed by atoms with Gasteiger partial charge in [0, 0.05) is 25.2 Å². The van der Waals surface area contributed by atoms with Crippen molar-refractivity contribution in [2.75, 3.05) is 23.7 Å². The topological polar surface area (TPSA) is 111 Å². The second-order valence-corrected chi connectivity index (χ2v) is 9.64. The quantitative estimate of drug-likeness (QED) is 0.508. The summed E-state index contributed by atoms with van der Waals surface area (Å²) in [5.74, 6) is -1.40. The van der Waals surface area contributed by atoms with E-state index < -0.39 is 32.5 Å². The van der Waals surface area contributed by atoms with Crippen molar-refractivity contribution in [1.82, 2.24) is 9.62 Å². The zero-order valence-electron chi connectivity index (χ0n) is 15.3. The summed E-state index contributed by atoms with van der Waals surface area (Å²) in [7, 11) is -4.09. The van der Waals surface area contributed by atoms with Crippen LogP contribution in [0.4, 0.5) is 20.6 Å². The van der Waals surface area contributed by atoms with Gasteiger partial charge in [-0.3, -0.25) is 0 Å². The monoisotopic (exact) mass is 474 g/mol. The van der Waals surface area contributed by atoms with Crippen LogP contribution < -0.4 is 16.0 Å². The SMILES string of the molecule is O=C(Nc1ccc(Cl)c(S(=O)(=O)N2C[C@@H]3C[C@H]2CN3)c1O)Nc1cccc(F)c1Cl. The molecule has 2 aliphatic heterocycles. The lowest BCUT2D eigenvalue weighted by Crippen LogP contribution is -2.46. The Bertz CT molecular complexity index is 1130. The van der Waals surface area contributed by atoms with Crippen molar-refractivity contribution in [2.24, 2.45) is 0 Å². The molecule has 2 aromatic carbocycles. The number of halogens is 3. The molecule has 2 bridgehead atoms. The fraction of sp³-hybridized carbons (Fsp3) is 0.278. The van der Waals surface area contributed by atoms with E-state index in [0.717, 1.165) is 6.07 Å². The van der Waals surface area contributed by atoms with Crippen molar-refractivity contribution < 1.29 is 22.7 Å². The van der Waals surface area contributed by atoms with Crippen LogP contribution >= 0.6 is 23.2 Å². The lowest BCUT2D eigenvalue weighted by Gasteiger charge is -2.27. The largest absolute Gasteiger partial charge is 0.504 e. The molecule has 0 spiro atoms. The van der Waals surface area contributed by atoms with Gasteiger partial charge in [0.15, 0.2) is 5.75 Å². The van der Waals surface area contributed by atoms with Gasteiger partial charge in [0.2, 0.25) is 10.0 Å². The molecule has 4 N–H and O–H groups in total. The maximum absolute atomic E-state index is 13.5. The Balaban J connectivity index is 1.60. The number of hydrogen-bond donors (Lipinski definition) is 4. The molecule has 2 saturated heterocycles. The minimum atomic E-state index is -4.09. The molecule has 30 heavy (non-hydrogen) atoms. The van der Waals surface area contributed by atoms with Gasteiger partial charge in [-0.05, 0) is 30.7 Å². The third kappa shape index (κ3) is 3.69. The molecule has 2 amide bonds. The van der Waals surface area contributed by atoms with Crippen molar-refractivity contribution in [3.63, 3.8) is 0 Å². The summed E-state index contributed by atoms with van der Waals surface area (Å²) in [6.07, 6.45) is 0.687. The van der Waals surface area contributed by atoms with Crippen LogP contribution in [0.1, 0.15) is 6.42 Å². The Morgan fingerprint density at radius 3 is 2.60 bits per heavy atom. The molecule has 2 atom stereocenters. The van der Waals surface area contributed by atoms with Gasteiger partial charge in [-0.15, -0.1) is 0 Å². The predicted octanol–water partition coefficient (Wildman–Crippen LogP) is 3.22. The molecule has 12 heteroatoms. The average molecular weight is 475 g/mol. The van der Waals surface area contributed by atoms with Crippen LogP contribution in [0, 0.1) is 5.82 Å². The number of urea groups is 1. The molecule has 8 nitrogen and oxygen atoms in total. The summed E-state index contributed by atoms with van der Waals surface area (Å²) < 4.78 is 41.1. The maximum Gasteiger partial charge on any atom is 0.323 e. The number of phenolic OH excluding ortho intramolecular Hbond substituents is 1. The van der Waals surface area contributed by atoms with E-state index in [0.29, 0.717) is 13.0 Å². The van der Waals surface area contributed by atoms with E-state index in [1.165, 1.54) is 28.6 Å². The number of nitrogens with one attached hydrogen (secondary N) is 3. The van der Waals surface area contributed by atoms with Gasteiger partial charge >= 0.3 is 6.03 Å². The van der Waals surface area contributed by atoms with E-state index in [1.807, 2.05) is 0 Å². The number of amides is 2. The molecule has 0 saturated carbocycles. The van der Waals surface area contributed by atoms with Gasteiger partial charge < -0.3 is 21.1 Å². The molecule has 0 radical (unpaired) electrons. The standard InChI is InChI=1S/C18H17Cl2FN4O4S/c19-11-4-5-14(24-18(27)23-13-3-1-2-12(21)15(13)20)16(26)17(11)30(28,29)25-8-9-6-10(25)7-22-9/h1-5,9-10,22,26H,6-8H2,(H2,23,24,27)/t9-,10-/m0/s1. The number of nitrogens with zero attached hydrogens (tertiary/aromatic N) is 1. The number of sulfonamides is 1. The lowest BCUT2D eigenvalue weighted by molar-refractivity contribution is 0.262. The van der Waals surface area contributed by atoms with E-state index in [9.17, 15) is 22.7 Å². The van der Waals surface area contributed by atoms with Crippen molar-refractivity contribution in [1.29, 1.82) is 0 Å². The first-order valence-electron chi connectivity index (χ1n) is 8.97. The summed E-state index contributed by atoms with van der Waals surface area (Å²) in [6.45, 7) is 0.802. The smallest absolute Gasteiger partial charge is 0.323 e. The van der Waals surface area contributed by atoms with Crippen LogP contribution in [0.5, 0.6) is 5.75 Å².